The summed E-state index contributed by atoms with van der Waals surface area (Å²) in [5, 5.41) is 0. The van der Waals surface area contributed by atoms with E-state index in [0.717, 1.165) is 12.1 Å². The molecule has 5 nitrogen and oxygen atoms in total. The van der Waals surface area contributed by atoms with E-state index in [-0.39, 0.29) is 12.0 Å². The van der Waals surface area contributed by atoms with Crippen LogP contribution in [0.1, 0.15) is 36.8 Å². The Labute approximate surface area is 114 Å². The number of rotatable bonds is 6. The molecule has 0 aromatic carbocycles. The quantitative estimate of drug-likeness (QED) is 0.850. The van der Waals surface area contributed by atoms with Crippen LogP contribution in [-0.2, 0) is 11.2 Å². The van der Waals surface area contributed by atoms with Gasteiger partial charge in [0.05, 0.1) is 12.7 Å². The van der Waals surface area contributed by atoms with Crippen molar-refractivity contribution in [3.05, 3.63) is 23.4 Å². The Morgan fingerprint density at radius 1 is 1.47 bits per heavy atom. The highest BCUT2D eigenvalue weighted by molar-refractivity contribution is 5.94. The van der Waals surface area contributed by atoms with Gasteiger partial charge in [0.1, 0.15) is 5.82 Å². The third kappa shape index (κ3) is 4.87. The molecule has 2 N–H and O–H groups in total. The topological polar surface area (TPSA) is 68.5 Å². The summed E-state index contributed by atoms with van der Waals surface area (Å²) >= 11 is 0. The summed E-state index contributed by atoms with van der Waals surface area (Å²) in [5.74, 6) is 0.325. The minimum atomic E-state index is -0.0591. The number of carbonyl (C=O) groups is 1. The van der Waals surface area contributed by atoms with Gasteiger partial charge in [-0.3, -0.25) is 4.79 Å². The molecule has 0 aliphatic rings. The van der Waals surface area contributed by atoms with Gasteiger partial charge in [-0.15, -0.1) is 0 Å². The smallest absolute Gasteiger partial charge is 0.253 e. The summed E-state index contributed by atoms with van der Waals surface area (Å²) in [7, 11) is 1.76. The Morgan fingerprint density at radius 2 is 2.16 bits per heavy atom. The highest BCUT2D eigenvalue weighted by Gasteiger charge is 2.13. The Morgan fingerprint density at radius 3 is 2.74 bits per heavy atom. The molecule has 0 aliphatic carbocycles. The molecule has 0 radical (unpaired) electrons. The van der Waals surface area contributed by atoms with Crippen molar-refractivity contribution in [3.8, 4) is 0 Å². The van der Waals surface area contributed by atoms with E-state index in [9.17, 15) is 4.79 Å². The minimum absolute atomic E-state index is 0.0591. The fraction of sp³-hybridized carbons (Fsp3) is 0.571. The number of aromatic nitrogens is 1. The Balaban J connectivity index is 2.68. The third-order valence-electron chi connectivity index (χ3n) is 2.73. The van der Waals surface area contributed by atoms with E-state index in [4.69, 9.17) is 10.5 Å². The van der Waals surface area contributed by atoms with Crippen LogP contribution in [0.2, 0.25) is 0 Å². The van der Waals surface area contributed by atoms with Crippen molar-refractivity contribution in [2.75, 3.05) is 25.9 Å². The number of likely N-dealkylation sites (N-methyl/N-ethyl adjacent to an activating group) is 1. The summed E-state index contributed by atoms with van der Waals surface area (Å²) in [6, 6.07) is 3.40. The molecule has 19 heavy (non-hydrogen) atoms. The first-order chi connectivity index (χ1) is 8.93. The summed E-state index contributed by atoms with van der Waals surface area (Å²) in [6.07, 6.45) is 0.928. The van der Waals surface area contributed by atoms with Crippen LogP contribution >= 0.6 is 0 Å². The lowest BCUT2D eigenvalue weighted by molar-refractivity contribution is 0.0532. The van der Waals surface area contributed by atoms with Crippen molar-refractivity contribution < 1.29 is 9.53 Å². The lowest BCUT2D eigenvalue weighted by Gasteiger charge is -2.18. The van der Waals surface area contributed by atoms with Gasteiger partial charge in [-0.1, -0.05) is 6.92 Å². The third-order valence-corrected chi connectivity index (χ3v) is 2.73. The van der Waals surface area contributed by atoms with Crippen molar-refractivity contribution >= 4 is 11.7 Å². The highest BCUT2D eigenvalue weighted by Crippen LogP contribution is 2.10. The summed E-state index contributed by atoms with van der Waals surface area (Å²) in [4.78, 5) is 18.0. The zero-order valence-electron chi connectivity index (χ0n) is 12.1. The summed E-state index contributed by atoms with van der Waals surface area (Å²) < 4.78 is 5.44. The lowest BCUT2D eigenvalue weighted by Crippen LogP contribution is -2.31. The van der Waals surface area contributed by atoms with Gasteiger partial charge in [-0.2, -0.15) is 0 Å². The first-order valence-electron chi connectivity index (χ1n) is 6.57. The number of pyridine rings is 1. The van der Waals surface area contributed by atoms with Crippen LogP contribution < -0.4 is 5.73 Å². The molecule has 106 valence electrons. The van der Waals surface area contributed by atoms with E-state index >= 15 is 0 Å². The maximum absolute atomic E-state index is 12.2. The molecule has 0 bridgehead atoms. The number of nitrogens with zero attached hydrogens (tertiary/aromatic N) is 2. The molecule has 1 aromatic heterocycles. The van der Waals surface area contributed by atoms with Gasteiger partial charge in [-0.05, 0) is 32.4 Å². The molecule has 0 spiro atoms. The number of hydrogen-bond acceptors (Lipinski definition) is 4. The molecule has 0 unspecified atom stereocenters. The number of hydrogen-bond donors (Lipinski definition) is 1. The molecule has 0 aliphatic heterocycles. The first-order valence-corrected chi connectivity index (χ1v) is 6.57. The molecule has 5 heteroatoms. The number of ether oxygens (including phenoxy) is 1. The molecule has 0 saturated carbocycles. The van der Waals surface area contributed by atoms with Crippen molar-refractivity contribution in [3.63, 3.8) is 0 Å². The average molecular weight is 265 g/mol. The highest BCUT2D eigenvalue weighted by atomic mass is 16.5. The molecular formula is C14H23N3O2. The van der Waals surface area contributed by atoms with Crippen LogP contribution in [0.15, 0.2) is 12.1 Å². The van der Waals surface area contributed by atoms with Gasteiger partial charge < -0.3 is 15.4 Å². The maximum Gasteiger partial charge on any atom is 0.253 e. The Bertz CT molecular complexity index is 433. The van der Waals surface area contributed by atoms with Crippen molar-refractivity contribution in [2.45, 2.75) is 33.3 Å². The predicted molar refractivity (Wildman–Crippen MR) is 76.1 cm³/mol. The van der Waals surface area contributed by atoms with E-state index in [2.05, 4.69) is 4.98 Å². The number of nitrogen functional groups attached to an aromatic ring is 1. The molecule has 1 aromatic rings. The van der Waals surface area contributed by atoms with Crippen molar-refractivity contribution in [2.24, 2.45) is 0 Å². The Hall–Kier alpha value is -1.62. The van der Waals surface area contributed by atoms with Crippen LogP contribution in [0, 0.1) is 0 Å². The largest absolute Gasteiger partial charge is 0.384 e. The minimum Gasteiger partial charge on any atom is -0.384 e. The van der Waals surface area contributed by atoms with Gasteiger partial charge >= 0.3 is 0 Å². The van der Waals surface area contributed by atoms with Crippen LogP contribution in [0.25, 0.3) is 0 Å². The fourth-order valence-corrected chi connectivity index (χ4v) is 1.66. The lowest BCUT2D eigenvalue weighted by atomic mass is 10.1. The number of anilines is 1. The molecule has 1 amide bonds. The zero-order chi connectivity index (χ0) is 14.4. The van der Waals surface area contributed by atoms with Gasteiger partial charge in [-0.25, -0.2) is 4.98 Å². The van der Waals surface area contributed by atoms with Gasteiger partial charge in [0.15, 0.2) is 0 Å². The monoisotopic (exact) mass is 265 g/mol. The van der Waals surface area contributed by atoms with Crippen molar-refractivity contribution in [1.29, 1.82) is 0 Å². The predicted octanol–water partition coefficient (Wildman–Crippen LogP) is 1.72. The first kappa shape index (κ1) is 15.4. The van der Waals surface area contributed by atoms with Crippen molar-refractivity contribution in [1.82, 2.24) is 9.88 Å². The SMILES string of the molecule is CCc1cc(C(=O)N(C)CCOC(C)C)cc(N)n1. The van der Waals surface area contributed by atoms with Gasteiger partial charge in [0.25, 0.3) is 5.91 Å². The molecule has 0 saturated heterocycles. The van der Waals surface area contributed by atoms with E-state index in [1.165, 1.54) is 0 Å². The standard InChI is InChI=1S/C14H23N3O2/c1-5-12-8-11(9-13(15)16-12)14(18)17(4)6-7-19-10(2)3/h8-10H,5-7H2,1-4H3,(H2,15,16). The number of aryl methyl sites for hydroxylation is 1. The van der Waals surface area contributed by atoms with E-state index < -0.39 is 0 Å². The number of nitrogens with two attached hydrogens (primary N) is 1. The number of amides is 1. The van der Waals surface area contributed by atoms with Crippen LogP contribution in [0.5, 0.6) is 0 Å². The second kappa shape index (κ2) is 7.09. The second-order valence-electron chi connectivity index (χ2n) is 4.77. The molecule has 0 atom stereocenters. The molecular weight excluding hydrogens is 242 g/mol. The Kier molecular flexibility index (Phi) is 5.76. The second-order valence-corrected chi connectivity index (χ2v) is 4.77. The van der Waals surface area contributed by atoms with Gasteiger partial charge in [0.2, 0.25) is 0 Å². The number of carbonyl (C=O) groups excluding carboxylic acids is 1. The summed E-state index contributed by atoms with van der Waals surface area (Å²) in [6.45, 7) is 7.01. The van der Waals surface area contributed by atoms with E-state index in [0.29, 0.717) is 24.5 Å². The molecule has 1 rings (SSSR count). The summed E-state index contributed by atoms with van der Waals surface area (Å²) in [5.41, 5.74) is 7.12. The fourth-order valence-electron chi connectivity index (χ4n) is 1.66. The normalized spacial score (nSPS) is 10.8. The van der Waals surface area contributed by atoms with Crippen LogP contribution in [-0.4, -0.2) is 42.1 Å². The molecule has 1 heterocycles. The van der Waals surface area contributed by atoms with Gasteiger partial charge in [0, 0.05) is 24.8 Å². The average Bonchev–Trinajstić information content (AvgIpc) is 2.36. The van der Waals surface area contributed by atoms with Crippen LogP contribution in [0.4, 0.5) is 5.82 Å². The van der Waals surface area contributed by atoms with Crippen LogP contribution in [0.3, 0.4) is 0 Å². The van der Waals surface area contributed by atoms with E-state index in [1.54, 1.807) is 24.1 Å². The molecule has 0 fully saturated rings. The maximum atomic E-state index is 12.2. The zero-order valence-corrected chi connectivity index (χ0v) is 12.1. The van der Waals surface area contributed by atoms with E-state index in [1.807, 2.05) is 20.8 Å².